The minimum atomic E-state index is -0.615. The van der Waals surface area contributed by atoms with Gasteiger partial charge in [0.1, 0.15) is 11.3 Å². The van der Waals surface area contributed by atoms with E-state index in [0.29, 0.717) is 16.5 Å². The summed E-state index contributed by atoms with van der Waals surface area (Å²) in [6, 6.07) is 10.4. The first-order chi connectivity index (χ1) is 10.0. The molecule has 6 nitrogen and oxygen atoms in total. The molecule has 0 saturated heterocycles. The molecule has 0 saturated carbocycles. The van der Waals surface area contributed by atoms with Gasteiger partial charge in [-0.3, -0.25) is 14.9 Å². The van der Waals surface area contributed by atoms with E-state index in [1.54, 1.807) is 24.3 Å². The highest BCUT2D eigenvalue weighted by Crippen LogP contribution is 2.25. The van der Waals surface area contributed by atoms with E-state index in [4.69, 9.17) is 16.3 Å². The average molecular weight is 307 g/mol. The molecule has 21 heavy (non-hydrogen) atoms. The number of nitro groups is 1. The van der Waals surface area contributed by atoms with Gasteiger partial charge >= 0.3 is 0 Å². The van der Waals surface area contributed by atoms with E-state index in [1.807, 2.05) is 0 Å². The van der Waals surface area contributed by atoms with Gasteiger partial charge in [0.25, 0.3) is 11.6 Å². The van der Waals surface area contributed by atoms with Crippen LogP contribution in [-0.4, -0.2) is 17.9 Å². The molecule has 0 aliphatic rings. The van der Waals surface area contributed by atoms with Crippen LogP contribution in [0.25, 0.3) is 0 Å². The molecule has 2 aromatic rings. The molecular weight excluding hydrogens is 296 g/mol. The van der Waals surface area contributed by atoms with Gasteiger partial charge in [-0.25, -0.2) is 0 Å². The Bertz CT molecular complexity index is 686. The highest BCUT2D eigenvalue weighted by molar-refractivity contribution is 6.30. The summed E-state index contributed by atoms with van der Waals surface area (Å²) in [5, 5.41) is 14.1. The van der Waals surface area contributed by atoms with Gasteiger partial charge in [0, 0.05) is 16.8 Å². The lowest BCUT2D eigenvalue weighted by molar-refractivity contribution is -0.385. The Labute approximate surface area is 125 Å². The Kier molecular flexibility index (Phi) is 4.39. The van der Waals surface area contributed by atoms with Crippen LogP contribution in [0.5, 0.6) is 5.75 Å². The molecule has 0 bridgehead atoms. The number of halogens is 1. The zero-order valence-corrected chi connectivity index (χ0v) is 11.8. The number of nitrogens with zero attached hydrogens (tertiary/aromatic N) is 1. The summed E-state index contributed by atoms with van der Waals surface area (Å²) >= 11 is 5.75. The predicted octanol–water partition coefficient (Wildman–Crippen LogP) is 3.51. The van der Waals surface area contributed by atoms with Gasteiger partial charge in [-0.2, -0.15) is 0 Å². The van der Waals surface area contributed by atoms with Crippen molar-refractivity contribution >= 4 is 28.9 Å². The molecule has 7 heteroatoms. The number of carbonyl (C=O) groups excluding carboxylic acids is 1. The molecule has 2 rings (SSSR count). The van der Waals surface area contributed by atoms with Crippen LogP contribution in [0.3, 0.4) is 0 Å². The van der Waals surface area contributed by atoms with Crippen molar-refractivity contribution in [1.82, 2.24) is 0 Å². The Morgan fingerprint density at radius 1 is 1.24 bits per heavy atom. The van der Waals surface area contributed by atoms with Crippen LogP contribution in [-0.2, 0) is 0 Å². The van der Waals surface area contributed by atoms with Crippen molar-refractivity contribution < 1.29 is 14.5 Å². The van der Waals surface area contributed by atoms with E-state index in [-0.39, 0.29) is 11.3 Å². The Balaban J connectivity index is 2.33. The molecule has 108 valence electrons. The number of ether oxygens (including phenoxy) is 1. The van der Waals surface area contributed by atoms with Gasteiger partial charge < -0.3 is 10.1 Å². The summed E-state index contributed by atoms with van der Waals surface area (Å²) in [4.78, 5) is 22.6. The zero-order chi connectivity index (χ0) is 15.4. The number of hydrogen-bond donors (Lipinski definition) is 1. The summed E-state index contributed by atoms with van der Waals surface area (Å²) in [6.45, 7) is 0. The summed E-state index contributed by atoms with van der Waals surface area (Å²) < 4.78 is 4.99. The molecule has 1 amide bonds. The number of nitrogens with one attached hydrogen (secondary N) is 1. The molecule has 0 fully saturated rings. The minimum absolute atomic E-state index is 0.0747. The van der Waals surface area contributed by atoms with Crippen LogP contribution in [0, 0.1) is 10.1 Å². The quantitative estimate of drug-likeness (QED) is 0.692. The van der Waals surface area contributed by atoms with Crippen LogP contribution in [0.2, 0.25) is 5.02 Å². The Morgan fingerprint density at radius 3 is 2.48 bits per heavy atom. The molecule has 0 spiro atoms. The number of nitro benzene ring substituents is 1. The number of hydrogen-bond acceptors (Lipinski definition) is 4. The van der Waals surface area contributed by atoms with Crippen molar-refractivity contribution in [3.8, 4) is 5.75 Å². The Hall–Kier alpha value is -2.60. The van der Waals surface area contributed by atoms with E-state index >= 15 is 0 Å². The van der Waals surface area contributed by atoms with Gasteiger partial charge in [-0.15, -0.1) is 0 Å². The largest absolute Gasteiger partial charge is 0.497 e. The topological polar surface area (TPSA) is 81.5 Å². The second kappa shape index (κ2) is 6.23. The van der Waals surface area contributed by atoms with Crippen molar-refractivity contribution in [2.45, 2.75) is 0 Å². The van der Waals surface area contributed by atoms with Crippen LogP contribution in [0.15, 0.2) is 42.5 Å². The molecule has 0 atom stereocenters. The van der Waals surface area contributed by atoms with Crippen molar-refractivity contribution in [2.24, 2.45) is 0 Å². The van der Waals surface area contributed by atoms with Crippen LogP contribution in [0.1, 0.15) is 10.4 Å². The monoisotopic (exact) mass is 306 g/mol. The third-order valence-electron chi connectivity index (χ3n) is 2.75. The number of benzene rings is 2. The number of amides is 1. The maximum Gasteiger partial charge on any atom is 0.282 e. The average Bonchev–Trinajstić information content (AvgIpc) is 2.48. The molecular formula is C14H11ClN2O4. The summed E-state index contributed by atoms with van der Waals surface area (Å²) in [5.41, 5.74) is 0.123. The second-order valence-electron chi connectivity index (χ2n) is 4.10. The fraction of sp³-hybridized carbons (Fsp3) is 0.0714. The number of carbonyl (C=O) groups is 1. The van der Waals surface area contributed by atoms with E-state index in [1.165, 1.54) is 25.3 Å². The minimum Gasteiger partial charge on any atom is -0.497 e. The first-order valence-electron chi connectivity index (χ1n) is 5.90. The highest BCUT2D eigenvalue weighted by atomic mass is 35.5. The maximum absolute atomic E-state index is 12.2. The standard InChI is InChI=1S/C14H11ClN2O4/c1-21-11-6-7-13(17(19)20)12(8-11)14(18)16-10-4-2-9(15)3-5-10/h2-8H,1H3,(H,16,18). The smallest absolute Gasteiger partial charge is 0.282 e. The summed E-state index contributed by atoms with van der Waals surface area (Å²) in [5.74, 6) is -0.232. The van der Waals surface area contributed by atoms with E-state index in [9.17, 15) is 14.9 Å². The normalized spacial score (nSPS) is 10.0. The molecule has 2 aromatic carbocycles. The summed E-state index contributed by atoms with van der Waals surface area (Å²) in [7, 11) is 1.42. The Morgan fingerprint density at radius 2 is 1.90 bits per heavy atom. The predicted molar refractivity (Wildman–Crippen MR) is 79.1 cm³/mol. The number of methoxy groups -OCH3 is 1. The lowest BCUT2D eigenvalue weighted by Crippen LogP contribution is -2.14. The van der Waals surface area contributed by atoms with E-state index < -0.39 is 10.8 Å². The van der Waals surface area contributed by atoms with Crippen molar-refractivity contribution in [2.75, 3.05) is 12.4 Å². The fourth-order valence-corrected chi connectivity index (χ4v) is 1.84. The first-order valence-corrected chi connectivity index (χ1v) is 6.28. The fourth-order valence-electron chi connectivity index (χ4n) is 1.71. The number of anilines is 1. The molecule has 0 aliphatic carbocycles. The molecule has 0 aromatic heterocycles. The number of rotatable bonds is 4. The lowest BCUT2D eigenvalue weighted by Gasteiger charge is -2.07. The molecule has 0 heterocycles. The second-order valence-corrected chi connectivity index (χ2v) is 4.54. The van der Waals surface area contributed by atoms with Gasteiger partial charge in [0.05, 0.1) is 12.0 Å². The molecule has 0 unspecified atom stereocenters. The van der Waals surface area contributed by atoms with Gasteiger partial charge in [-0.05, 0) is 36.4 Å². The maximum atomic E-state index is 12.2. The lowest BCUT2D eigenvalue weighted by atomic mass is 10.1. The van der Waals surface area contributed by atoms with Crippen molar-refractivity contribution in [3.63, 3.8) is 0 Å². The van der Waals surface area contributed by atoms with Gasteiger partial charge in [0.2, 0.25) is 0 Å². The molecule has 0 radical (unpaired) electrons. The van der Waals surface area contributed by atoms with Crippen LogP contribution in [0.4, 0.5) is 11.4 Å². The van der Waals surface area contributed by atoms with E-state index in [0.717, 1.165) is 0 Å². The van der Waals surface area contributed by atoms with Gasteiger partial charge in [0.15, 0.2) is 0 Å². The van der Waals surface area contributed by atoms with Crippen LogP contribution >= 0.6 is 11.6 Å². The highest BCUT2D eigenvalue weighted by Gasteiger charge is 2.21. The van der Waals surface area contributed by atoms with Crippen molar-refractivity contribution in [1.29, 1.82) is 0 Å². The van der Waals surface area contributed by atoms with Gasteiger partial charge in [-0.1, -0.05) is 11.6 Å². The SMILES string of the molecule is COc1ccc([N+](=O)[O-])c(C(=O)Nc2ccc(Cl)cc2)c1. The molecule has 1 N–H and O–H groups in total. The zero-order valence-electron chi connectivity index (χ0n) is 11.0. The summed E-state index contributed by atoms with van der Waals surface area (Å²) in [6.07, 6.45) is 0. The molecule has 0 aliphatic heterocycles. The third-order valence-corrected chi connectivity index (χ3v) is 3.00. The van der Waals surface area contributed by atoms with Crippen LogP contribution < -0.4 is 10.1 Å². The van der Waals surface area contributed by atoms with Crippen molar-refractivity contribution in [3.05, 3.63) is 63.2 Å². The van der Waals surface area contributed by atoms with E-state index in [2.05, 4.69) is 5.32 Å². The third kappa shape index (κ3) is 3.49. The first kappa shape index (κ1) is 14.8.